The molecule has 0 aromatic rings. The average molecular weight is 215 g/mol. The van der Waals surface area contributed by atoms with Crippen LogP contribution in [0.5, 0.6) is 0 Å². The Balaban J connectivity index is 2.06. The Bertz CT molecular complexity index is 111. The lowest BCUT2D eigenvalue weighted by molar-refractivity contribution is -0.0113. The van der Waals surface area contributed by atoms with E-state index in [1.807, 2.05) is 0 Å². The highest BCUT2D eigenvalue weighted by Gasteiger charge is 2.17. The Hall–Kier alpha value is 0.460. The van der Waals surface area contributed by atoms with Gasteiger partial charge in [0, 0.05) is 11.8 Å². The fourth-order valence-electron chi connectivity index (χ4n) is 0.842. The van der Waals surface area contributed by atoms with Crippen LogP contribution >= 0.6 is 23.2 Å². The van der Waals surface area contributed by atoms with Crippen LogP contribution < -0.4 is 0 Å². The Morgan fingerprint density at radius 2 is 2.17 bits per heavy atom. The van der Waals surface area contributed by atoms with Gasteiger partial charge in [-0.25, -0.2) is 0 Å². The maximum absolute atomic E-state index is 5.57. The zero-order valence-electron chi connectivity index (χ0n) is 6.67. The van der Waals surface area contributed by atoms with Crippen molar-refractivity contribution in [2.45, 2.75) is 12.2 Å². The first-order valence-electron chi connectivity index (χ1n) is 3.79. The smallest absolute Gasteiger partial charge is 0.147 e. The maximum atomic E-state index is 5.57. The summed E-state index contributed by atoms with van der Waals surface area (Å²) in [7, 11) is 0. The molecule has 12 heavy (non-hydrogen) atoms. The van der Waals surface area contributed by atoms with E-state index in [4.69, 9.17) is 37.4 Å². The van der Waals surface area contributed by atoms with E-state index in [0.717, 1.165) is 0 Å². The van der Waals surface area contributed by atoms with Crippen molar-refractivity contribution in [1.29, 1.82) is 0 Å². The molecule has 0 aromatic heterocycles. The minimum Gasteiger partial charge on any atom is -0.373 e. The van der Waals surface area contributed by atoms with Crippen LogP contribution in [0.25, 0.3) is 0 Å². The predicted molar refractivity (Wildman–Crippen MR) is 46.9 cm³/mol. The molecular formula is C7H12Cl2O3. The maximum Gasteiger partial charge on any atom is 0.147 e. The highest BCUT2D eigenvalue weighted by atomic mass is 35.5. The average Bonchev–Trinajstić information content (AvgIpc) is 2.59. The highest BCUT2D eigenvalue weighted by molar-refractivity contribution is 6.21. The van der Waals surface area contributed by atoms with Gasteiger partial charge in [0.05, 0.1) is 19.3 Å². The van der Waals surface area contributed by atoms with E-state index in [9.17, 15) is 0 Å². The summed E-state index contributed by atoms with van der Waals surface area (Å²) in [6.07, 6.45) is -0.0449. The first-order valence-corrected chi connectivity index (χ1v) is 4.86. The Labute approximate surface area is 81.9 Å². The predicted octanol–water partition coefficient (Wildman–Crippen LogP) is 1.22. The lowest BCUT2D eigenvalue weighted by atomic mass is 10.4. The monoisotopic (exact) mass is 214 g/mol. The van der Waals surface area contributed by atoms with Gasteiger partial charge in [-0.05, 0) is 0 Å². The zero-order chi connectivity index (χ0) is 8.81. The molecule has 0 aliphatic carbocycles. The SMILES string of the molecule is ClCC(CCl)OC[C@H]1COCO1. The second-order valence-corrected chi connectivity index (χ2v) is 3.16. The lowest BCUT2D eigenvalue weighted by Crippen LogP contribution is -2.25. The largest absolute Gasteiger partial charge is 0.373 e. The number of halogens is 2. The standard InChI is InChI=1S/C7H12Cl2O3/c8-1-6(2-9)11-4-7-3-10-5-12-7/h6-7H,1-5H2/t7-/m1/s1. The molecule has 5 heteroatoms. The van der Waals surface area contributed by atoms with Crippen molar-refractivity contribution in [3.8, 4) is 0 Å². The molecule has 1 saturated heterocycles. The molecule has 1 heterocycles. The van der Waals surface area contributed by atoms with Crippen LogP contribution in [0.3, 0.4) is 0 Å². The van der Waals surface area contributed by atoms with Crippen LogP contribution in [0.15, 0.2) is 0 Å². The molecular weight excluding hydrogens is 203 g/mol. The third-order valence-corrected chi connectivity index (χ3v) is 2.24. The minimum absolute atomic E-state index is 0.0407. The molecule has 0 amide bonds. The van der Waals surface area contributed by atoms with E-state index >= 15 is 0 Å². The molecule has 0 radical (unpaired) electrons. The summed E-state index contributed by atoms with van der Waals surface area (Å²) in [5.41, 5.74) is 0. The lowest BCUT2D eigenvalue weighted by Gasteiger charge is -2.14. The molecule has 1 aliphatic heterocycles. The van der Waals surface area contributed by atoms with Crippen molar-refractivity contribution in [3.05, 3.63) is 0 Å². The Morgan fingerprint density at radius 1 is 1.42 bits per heavy atom. The second-order valence-electron chi connectivity index (χ2n) is 2.54. The van der Waals surface area contributed by atoms with Crippen molar-refractivity contribution >= 4 is 23.2 Å². The number of hydrogen-bond acceptors (Lipinski definition) is 3. The van der Waals surface area contributed by atoms with E-state index in [0.29, 0.717) is 31.8 Å². The van der Waals surface area contributed by atoms with Gasteiger partial charge in [-0.15, -0.1) is 23.2 Å². The van der Waals surface area contributed by atoms with Gasteiger partial charge < -0.3 is 14.2 Å². The van der Waals surface area contributed by atoms with Gasteiger partial charge in [0.15, 0.2) is 0 Å². The third kappa shape index (κ3) is 3.46. The molecule has 1 fully saturated rings. The summed E-state index contributed by atoms with van der Waals surface area (Å²) in [5.74, 6) is 0.828. The van der Waals surface area contributed by atoms with Crippen molar-refractivity contribution in [2.75, 3.05) is 31.8 Å². The topological polar surface area (TPSA) is 27.7 Å². The van der Waals surface area contributed by atoms with Gasteiger partial charge in [0.1, 0.15) is 12.9 Å². The molecule has 0 aromatic carbocycles. The Kier molecular flexibility index (Phi) is 5.27. The number of alkyl halides is 2. The van der Waals surface area contributed by atoms with Gasteiger partial charge in [-0.1, -0.05) is 0 Å². The van der Waals surface area contributed by atoms with E-state index in [1.165, 1.54) is 0 Å². The molecule has 0 bridgehead atoms. The van der Waals surface area contributed by atoms with Crippen LogP contribution in [0.4, 0.5) is 0 Å². The fraction of sp³-hybridized carbons (Fsp3) is 1.00. The van der Waals surface area contributed by atoms with E-state index < -0.39 is 0 Å². The first-order chi connectivity index (χ1) is 5.86. The normalized spacial score (nSPS) is 23.8. The van der Waals surface area contributed by atoms with Crippen molar-refractivity contribution in [3.63, 3.8) is 0 Å². The summed E-state index contributed by atoms with van der Waals surface area (Å²) in [6.45, 7) is 1.46. The Morgan fingerprint density at radius 3 is 2.67 bits per heavy atom. The summed E-state index contributed by atoms with van der Waals surface area (Å²) in [4.78, 5) is 0. The molecule has 0 N–H and O–H groups in total. The molecule has 1 atom stereocenters. The third-order valence-electron chi connectivity index (χ3n) is 1.55. The van der Waals surface area contributed by atoms with E-state index in [1.54, 1.807) is 0 Å². The van der Waals surface area contributed by atoms with Crippen LogP contribution in [-0.2, 0) is 14.2 Å². The summed E-state index contributed by atoms with van der Waals surface area (Å²) in [5, 5.41) is 0. The van der Waals surface area contributed by atoms with Crippen LogP contribution in [-0.4, -0.2) is 44.0 Å². The number of ether oxygens (including phenoxy) is 3. The van der Waals surface area contributed by atoms with Gasteiger partial charge in [0.2, 0.25) is 0 Å². The van der Waals surface area contributed by atoms with E-state index in [-0.39, 0.29) is 12.2 Å². The van der Waals surface area contributed by atoms with E-state index in [2.05, 4.69) is 0 Å². The molecule has 0 unspecified atom stereocenters. The van der Waals surface area contributed by atoms with Gasteiger partial charge in [-0.2, -0.15) is 0 Å². The summed E-state index contributed by atoms with van der Waals surface area (Å²) in [6, 6.07) is 0. The van der Waals surface area contributed by atoms with Gasteiger partial charge in [0.25, 0.3) is 0 Å². The minimum atomic E-state index is -0.0856. The fourth-order valence-corrected chi connectivity index (χ4v) is 1.35. The van der Waals surface area contributed by atoms with Gasteiger partial charge >= 0.3 is 0 Å². The molecule has 3 nitrogen and oxygen atoms in total. The molecule has 1 aliphatic rings. The second kappa shape index (κ2) is 6.00. The highest BCUT2D eigenvalue weighted by Crippen LogP contribution is 2.06. The van der Waals surface area contributed by atoms with Crippen LogP contribution in [0.1, 0.15) is 0 Å². The zero-order valence-corrected chi connectivity index (χ0v) is 8.18. The van der Waals surface area contributed by atoms with Gasteiger partial charge in [-0.3, -0.25) is 0 Å². The van der Waals surface area contributed by atoms with Crippen molar-refractivity contribution in [2.24, 2.45) is 0 Å². The molecule has 0 spiro atoms. The number of rotatable bonds is 5. The molecule has 1 rings (SSSR count). The molecule has 0 saturated carbocycles. The summed E-state index contributed by atoms with van der Waals surface area (Å²) < 4.78 is 15.5. The quantitative estimate of drug-likeness (QED) is 0.645. The van der Waals surface area contributed by atoms with Crippen molar-refractivity contribution in [1.82, 2.24) is 0 Å². The first kappa shape index (κ1) is 10.5. The van der Waals surface area contributed by atoms with Crippen LogP contribution in [0, 0.1) is 0 Å². The molecule has 72 valence electrons. The number of hydrogen-bond donors (Lipinski definition) is 0. The summed E-state index contributed by atoms with van der Waals surface area (Å²) >= 11 is 11.1. The van der Waals surface area contributed by atoms with Crippen LogP contribution in [0.2, 0.25) is 0 Å². The van der Waals surface area contributed by atoms with Crippen molar-refractivity contribution < 1.29 is 14.2 Å².